The molecule has 0 aromatic carbocycles. The molecule has 0 radical (unpaired) electrons. The molecule has 96 valence electrons. The fourth-order valence-electron chi connectivity index (χ4n) is 2.43. The molecule has 2 rings (SSSR count). The van der Waals surface area contributed by atoms with E-state index in [1.807, 2.05) is 0 Å². The lowest BCUT2D eigenvalue weighted by atomic mass is 9.94. The first-order chi connectivity index (χ1) is 8.18. The highest BCUT2D eigenvalue weighted by Crippen LogP contribution is 2.26. The molecule has 0 atom stereocenters. The number of hydrogen-bond donors (Lipinski definition) is 2. The third kappa shape index (κ3) is 4.36. The molecule has 0 amide bonds. The lowest BCUT2D eigenvalue weighted by Crippen LogP contribution is -2.39. The first kappa shape index (κ1) is 13.5. The minimum atomic E-state index is -0.467. The van der Waals surface area contributed by atoms with Gasteiger partial charge in [-0.05, 0) is 34.8 Å². The Morgan fingerprint density at radius 1 is 1.29 bits per heavy atom. The van der Waals surface area contributed by atoms with Crippen LogP contribution < -0.4 is 5.32 Å². The van der Waals surface area contributed by atoms with Crippen molar-refractivity contribution in [2.24, 2.45) is 0 Å². The molecule has 1 saturated carbocycles. The number of thiophene rings is 1. The normalized spacial score (nSPS) is 20.1. The molecule has 0 aliphatic heterocycles. The van der Waals surface area contributed by atoms with Crippen LogP contribution in [0.25, 0.3) is 0 Å². The van der Waals surface area contributed by atoms with E-state index in [2.05, 4.69) is 32.7 Å². The molecule has 0 bridgehead atoms. The van der Waals surface area contributed by atoms with Crippen LogP contribution in [-0.4, -0.2) is 17.3 Å². The fourth-order valence-corrected chi connectivity index (χ4v) is 3.85. The minimum absolute atomic E-state index is 0.467. The van der Waals surface area contributed by atoms with Crippen LogP contribution in [-0.2, 0) is 6.54 Å². The zero-order valence-corrected chi connectivity index (χ0v) is 12.4. The van der Waals surface area contributed by atoms with Gasteiger partial charge in [0.1, 0.15) is 0 Å². The molecule has 1 fully saturated rings. The molecule has 1 aliphatic carbocycles. The third-order valence-electron chi connectivity index (χ3n) is 3.41. The second-order valence-electron chi connectivity index (χ2n) is 4.97. The van der Waals surface area contributed by atoms with Gasteiger partial charge in [-0.2, -0.15) is 0 Å². The minimum Gasteiger partial charge on any atom is -0.389 e. The SMILES string of the molecule is OC1(CNCc2cc(Br)cs2)CCCCCC1. The second-order valence-corrected chi connectivity index (χ2v) is 6.88. The Morgan fingerprint density at radius 2 is 2.00 bits per heavy atom. The highest BCUT2D eigenvalue weighted by Gasteiger charge is 2.27. The van der Waals surface area contributed by atoms with Crippen LogP contribution >= 0.6 is 27.3 Å². The van der Waals surface area contributed by atoms with Gasteiger partial charge in [0.25, 0.3) is 0 Å². The number of rotatable bonds is 4. The van der Waals surface area contributed by atoms with Gasteiger partial charge >= 0.3 is 0 Å². The lowest BCUT2D eigenvalue weighted by molar-refractivity contribution is 0.0251. The monoisotopic (exact) mass is 317 g/mol. The summed E-state index contributed by atoms with van der Waals surface area (Å²) in [7, 11) is 0. The molecule has 17 heavy (non-hydrogen) atoms. The first-order valence-corrected chi connectivity index (χ1v) is 8.01. The summed E-state index contributed by atoms with van der Waals surface area (Å²) < 4.78 is 1.15. The van der Waals surface area contributed by atoms with E-state index in [1.54, 1.807) is 11.3 Å². The first-order valence-electron chi connectivity index (χ1n) is 6.34. The number of aliphatic hydroxyl groups is 1. The van der Waals surface area contributed by atoms with Crippen molar-refractivity contribution in [2.45, 2.75) is 50.7 Å². The molecule has 4 heteroatoms. The van der Waals surface area contributed by atoms with E-state index in [1.165, 1.54) is 30.6 Å². The van der Waals surface area contributed by atoms with E-state index in [0.29, 0.717) is 0 Å². The van der Waals surface area contributed by atoms with Gasteiger partial charge in [-0.3, -0.25) is 0 Å². The van der Waals surface area contributed by atoms with E-state index in [9.17, 15) is 5.11 Å². The zero-order chi connectivity index (χ0) is 12.1. The molecule has 2 nitrogen and oxygen atoms in total. The smallest absolute Gasteiger partial charge is 0.0771 e. The van der Waals surface area contributed by atoms with Crippen LogP contribution in [0.5, 0.6) is 0 Å². The maximum absolute atomic E-state index is 10.5. The van der Waals surface area contributed by atoms with Crippen molar-refractivity contribution in [1.29, 1.82) is 0 Å². The van der Waals surface area contributed by atoms with Gasteiger partial charge in [0.2, 0.25) is 0 Å². The van der Waals surface area contributed by atoms with Crippen molar-refractivity contribution < 1.29 is 5.11 Å². The fraction of sp³-hybridized carbons (Fsp3) is 0.692. The Hall–Kier alpha value is 0.1000. The molecule has 1 heterocycles. The standard InChI is InChI=1S/C13H20BrNOS/c14-11-7-12(17-9-11)8-15-10-13(16)5-3-1-2-4-6-13/h7,9,15-16H,1-6,8,10H2. The van der Waals surface area contributed by atoms with Gasteiger partial charge in [0.15, 0.2) is 0 Å². The van der Waals surface area contributed by atoms with Gasteiger partial charge in [-0.25, -0.2) is 0 Å². The molecular weight excluding hydrogens is 298 g/mol. The average Bonchev–Trinajstić information content (AvgIpc) is 2.58. The highest BCUT2D eigenvalue weighted by molar-refractivity contribution is 9.10. The summed E-state index contributed by atoms with van der Waals surface area (Å²) in [4.78, 5) is 1.31. The van der Waals surface area contributed by atoms with Crippen molar-refractivity contribution in [2.75, 3.05) is 6.54 Å². The maximum Gasteiger partial charge on any atom is 0.0771 e. The molecular formula is C13H20BrNOS. The van der Waals surface area contributed by atoms with Crippen LogP contribution in [0.15, 0.2) is 15.9 Å². The van der Waals surface area contributed by atoms with Crippen molar-refractivity contribution >= 4 is 27.3 Å². The van der Waals surface area contributed by atoms with Crippen molar-refractivity contribution in [1.82, 2.24) is 5.32 Å². The maximum atomic E-state index is 10.5. The Morgan fingerprint density at radius 3 is 2.59 bits per heavy atom. The third-order valence-corrected chi connectivity index (χ3v) is 5.11. The van der Waals surface area contributed by atoms with Gasteiger partial charge in [-0.1, -0.05) is 25.7 Å². The van der Waals surface area contributed by atoms with E-state index in [4.69, 9.17) is 0 Å². The topological polar surface area (TPSA) is 32.3 Å². The van der Waals surface area contributed by atoms with Crippen LogP contribution in [0, 0.1) is 0 Å². The molecule has 0 unspecified atom stereocenters. The molecule has 0 spiro atoms. The van der Waals surface area contributed by atoms with Crippen LogP contribution in [0.4, 0.5) is 0 Å². The van der Waals surface area contributed by atoms with Gasteiger partial charge in [0, 0.05) is 27.8 Å². The van der Waals surface area contributed by atoms with E-state index >= 15 is 0 Å². The van der Waals surface area contributed by atoms with Gasteiger partial charge in [-0.15, -0.1) is 11.3 Å². The van der Waals surface area contributed by atoms with E-state index in [-0.39, 0.29) is 0 Å². The molecule has 1 aliphatic rings. The largest absolute Gasteiger partial charge is 0.389 e. The Bertz CT molecular complexity index is 345. The summed E-state index contributed by atoms with van der Waals surface area (Å²) in [5, 5.41) is 16.0. The quantitative estimate of drug-likeness (QED) is 0.830. The van der Waals surface area contributed by atoms with Gasteiger partial charge in [0.05, 0.1) is 5.60 Å². The second kappa shape index (κ2) is 6.32. The van der Waals surface area contributed by atoms with Crippen molar-refractivity contribution in [3.8, 4) is 0 Å². The molecule has 1 aromatic heterocycles. The summed E-state index contributed by atoms with van der Waals surface area (Å²) in [6.07, 6.45) is 6.80. The Labute approximate surface area is 116 Å². The Balaban J connectivity index is 1.76. The van der Waals surface area contributed by atoms with Crippen LogP contribution in [0.1, 0.15) is 43.4 Å². The molecule has 1 aromatic rings. The van der Waals surface area contributed by atoms with Crippen molar-refractivity contribution in [3.63, 3.8) is 0 Å². The number of hydrogen-bond acceptors (Lipinski definition) is 3. The summed E-state index contributed by atoms with van der Waals surface area (Å²) in [6.45, 7) is 1.58. The number of halogens is 1. The zero-order valence-electron chi connectivity index (χ0n) is 10.0. The van der Waals surface area contributed by atoms with Crippen LogP contribution in [0.2, 0.25) is 0 Å². The Kier molecular flexibility index (Phi) is 5.03. The van der Waals surface area contributed by atoms with Crippen LogP contribution in [0.3, 0.4) is 0 Å². The number of nitrogens with one attached hydrogen (secondary N) is 1. The average molecular weight is 318 g/mol. The lowest BCUT2D eigenvalue weighted by Gasteiger charge is -2.26. The predicted octanol–water partition coefficient (Wildman–Crippen LogP) is 3.69. The molecule has 0 saturated heterocycles. The summed E-state index contributed by atoms with van der Waals surface area (Å²) in [5.74, 6) is 0. The summed E-state index contributed by atoms with van der Waals surface area (Å²) in [5.41, 5.74) is -0.467. The van der Waals surface area contributed by atoms with E-state index < -0.39 is 5.60 Å². The molecule has 2 N–H and O–H groups in total. The van der Waals surface area contributed by atoms with E-state index in [0.717, 1.165) is 30.4 Å². The summed E-state index contributed by atoms with van der Waals surface area (Å²) in [6, 6.07) is 2.13. The highest BCUT2D eigenvalue weighted by atomic mass is 79.9. The summed E-state index contributed by atoms with van der Waals surface area (Å²) >= 11 is 5.20. The predicted molar refractivity (Wildman–Crippen MR) is 76.4 cm³/mol. The van der Waals surface area contributed by atoms with Crippen molar-refractivity contribution in [3.05, 3.63) is 20.8 Å². The van der Waals surface area contributed by atoms with Gasteiger partial charge < -0.3 is 10.4 Å².